The molecule has 1 heterocycles. The zero-order chi connectivity index (χ0) is 14.7. The molecule has 0 aliphatic heterocycles. The molecule has 20 heavy (non-hydrogen) atoms. The maximum absolute atomic E-state index is 10.7. The molecule has 0 spiro atoms. The largest absolute Gasteiger partial charge is 0.481 e. The van der Waals surface area contributed by atoms with Gasteiger partial charge in [0.2, 0.25) is 0 Å². The summed E-state index contributed by atoms with van der Waals surface area (Å²) in [5.41, 5.74) is 1.88. The molecular weight excluding hydrogens is 391 g/mol. The highest BCUT2D eigenvalue weighted by Crippen LogP contribution is 2.26. The van der Waals surface area contributed by atoms with E-state index in [0.29, 0.717) is 11.7 Å². The Kier molecular flexibility index (Phi) is 5.28. The summed E-state index contributed by atoms with van der Waals surface area (Å²) in [5, 5.41) is 9.54. The molecule has 1 aromatic carbocycles. The molecule has 1 N–H and O–H groups in total. The number of ether oxygens (including phenoxy) is 1. The summed E-state index contributed by atoms with van der Waals surface area (Å²) in [6, 6.07) is 6.02. The monoisotopic (exact) mass is 406 g/mol. The second-order valence-corrected chi connectivity index (χ2v) is 6.55. The molecule has 0 fully saturated rings. The molecule has 0 radical (unpaired) electrons. The minimum atomic E-state index is -0.844. The number of methoxy groups -OCH3 is 1. The van der Waals surface area contributed by atoms with Crippen molar-refractivity contribution in [1.82, 2.24) is 9.55 Å². The number of hydrogen-bond acceptors (Lipinski definition) is 4. The molecule has 0 aliphatic rings. The normalized spacial score (nSPS) is 12.8. The Bertz CT molecular complexity index is 629. The van der Waals surface area contributed by atoms with Crippen LogP contribution in [0.4, 0.5) is 0 Å². The number of carbonyl (C=O) groups is 1. The van der Waals surface area contributed by atoms with Gasteiger partial charge in [-0.1, -0.05) is 11.8 Å². The van der Waals surface area contributed by atoms with E-state index in [4.69, 9.17) is 9.84 Å². The lowest BCUT2D eigenvalue weighted by atomic mass is 10.3. The lowest BCUT2D eigenvalue weighted by Gasteiger charge is -2.13. The quantitative estimate of drug-likeness (QED) is 0.591. The summed E-state index contributed by atoms with van der Waals surface area (Å²) in [7, 11) is 1.66. The van der Waals surface area contributed by atoms with Crippen LogP contribution in [-0.4, -0.2) is 39.6 Å². The van der Waals surface area contributed by atoms with Crippen molar-refractivity contribution in [2.24, 2.45) is 0 Å². The van der Waals surface area contributed by atoms with Gasteiger partial charge in [-0.2, -0.15) is 0 Å². The Morgan fingerprint density at radius 3 is 3.00 bits per heavy atom. The zero-order valence-corrected chi connectivity index (χ0v) is 14.1. The zero-order valence-electron chi connectivity index (χ0n) is 11.2. The second kappa shape index (κ2) is 6.77. The number of rotatable bonds is 6. The van der Waals surface area contributed by atoms with E-state index in [1.807, 2.05) is 29.7 Å². The van der Waals surface area contributed by atoms with Crippen LogP contribution in [0, 0.1) is 3.57 Å². The van der Waals surface area contributed by atoms with Crippen LogP contribution in [0.1, 0.15) is 6.92 Å². The average Bonchev–Trinajstić information content (AvgIpc) is 2.73. The molecule has 7 heteroatoms. The number of fused-ring (bicyclic) bond motifs is 1. The maximum atomic E-state index is 10.7. The SMILES string of the molecule is COC(C)Cn1c(SCC(=O)O)nc2cc(I)ccc21. The number of carboxylic acids is 1. The third-order valence-corrected chi connectivity index (χ3v) is 4.47. The van der Waals surface area contributed by atoms with Crippen LogP contribution >= 0.6 is 34.4 Å². The van der Waals surface area contributed by atoms with Crippen molar-refractivity contribution < 1.29 is 14.6 Å². The summed E-state index contributed by atoms with van der Waals surface area (Å²) in [6.45, 7) is 2.62. The summed E-state index contributed by atoms with van der Waals surface area (Å²) in [4.78, 5) is 15.3. The van der Waals surface area contributed by atoms with Crippen LogP contribution in [0.15, 0.2) is 23.4 Å². The van der Waals surface area contributed by atoms with Crippen molar-refractivity contribution in [3.05, 3.63) is 21.8 Å². The fourth-order valence-electron chi connectivity index (χ4n) is 1.83. The number of carboxylic acid groups (broad SMARTS) is 1. The highest BCUT2D eigenvalue weighted by Gasteiger charge is 2.15. The molecule has 108 valence electrons. The van der Waals surface area contributed by atoms with Crippen LogP contribution in [0.25, 0.3) is 11.0 Å². The molecule has 2 aromatic rings. The molecule has 1 aromatic heterocycles. The minimum absolute atomic E-state index is 0.00176. The minimum Gasteiger partial charge on any atom is -0.481 e. The highest BCUT2D eigenvalue weighted by molar-refractivity contribution is 14.1. The number of halogens is 1. The molecule has 0 bridgehead atoms. The molecule has 0 saturated heterocycles. The molecule has 0 saturated carbocycles. The van der Waals surface area contributed by atoms with E-state index in [1.165, 1.54) is 11.8 Å². The lowest BCUT2D eigenvalue weighted by molar-refractivity contribution is -0.133. The van der Waals surface area contributed by atoms with E-state index in [-0.39, 0.29) is 11.9 Å². The molecule has 1 atom stereocenters. The average molecular weight is 406 g/mol. The number of thioether (sulfide) groups is 1. The van der Waals surface area contributed by atoms with Crippen molar-refractivity contribution in [3.63, 3.8) is 0 Å². The topological polar surface area (TPSA) is 64.3 Å². The number of aliphatic carboxylic acids is 1. The highest BCUT2D eigenvalue weighted by atomic mass is 127. The van der Waals surface area contributed by atoms with E-state index in [1.54, 1.807) is 7.11 Å². The first-order valence-electron chi connectivity index (χ1n) is 6.04. The first-order chi connectivity index (χ1) is 9.51. The smallest absolute Gasteiger partial charge is 0.313 e. The number of nitrogens with zero attached hydrogens (tertiary/aromatic N) is 2. The van der Waals surface area contributed by atoms with E-state index < -0.39 is 5.97 Å². The van der Waals surface area contributed by atoms with Crippen LogP contribution < -0.4 is 0 Å². The molecule has 5 nitrogen and oxygen atoms in total. The van der Waals surface area contributed by atoms with Gasteiger partial charge >= 0.3 is 5.97 Å². The Hall–Kier alpha value is -0.800. The van der Waals surface area contributed by atoms with Gasteiger partial charge < -0.3 is 14.4 Å². The van der Waals surface area contributed by atoms with Crippen LogP contribution in [0.2, 0.25) is 0 Å². The first-order valence-corrected chi connectivity index (χ1v) is 8.11. The summed E-state index contributed by atoms with van der Waals surface area (Å²) >= 11 is 3.47. The molecule has 2 rings (SSSR count). The predicted molar refractivity (Wildman–Crippen MR) is 87.3 cm³/mol. The van der Waals surface area contributed by atoms with E-state index in [9.17, 15) is 4.79 Å². The van der Waals surface area contributed by atoms with Crippen molar-refractivity contribution >= 4 is 51.4 Å². The number of hydrogen-bond donors (Lipinski definition) is 1. The number of aromatic nitrogens is 2. The van der Waals surface area contributed by atoms with Gasteiger partial charge in [0.15, 0.2) is 5.16 Å². The van der Waals surface area contributed by atoms with Crippen LogP contribution in [0.3, 0.4) is 0 Å². The third kappa shape index (κ3) is 3.64. The van der Waals surface area contributed by atoms with Gasteiger partial charge in [-0.3, -0.25) is 4.79 Å². The fourth-order valence-corrected chi connectivity index (χ4v) is 3.04. The third-order valence-electron chi connectivity index (χ3n) is 2.84. The lowest BCUT2D eigenvalue weighted by Crippen LogP contribution is -2.15. The van der Waals surface area contributed by atoms with E-state index >= 15 is 0 Å². The summed E-state index contributed by atoms with van der Waals surface area (Å²) < 4.78 is 8.43. The van der Waals surface area contributed by atoms with Gasteiger partial charge in [-0.05, 0) is 47.7 Å². The van der Waals surface area contributed by atoms with Crippen molar-refractivity contribution in [2.75, 3.05) is 12.9 Å². The van der Waals surface area contributed by atoms with Gasteiger partial charge in [0, 0.05) is 10.7 Å². The number of imidazole rings is 1. The fraction of sp³-hybridized carbons (Fsp3) is 0.385. The van der Waals surface area contributed by atoms with Crippen molar-refractivity contribution in [3.8, 4) is 0 Å². The maximum Gasteiger partial charge on any atom is 0.313 e. The molecule has 0 aliphatic carbocycles. The molecule has 0 amide bonds. The first kappa shape index (κ1) is 15.6. The van der Waals surface area contributed by atoms with Crippen molar-refractivity contribution in [1.29, 1.82) is 0 Å². The van der Waals surface area contributed by atoms with Gasteiger partial charge in [-0.15, -0.1) is 0 Å². The van der Waals surface area contributed by atoms with E-state index in [2.05, 4.69) is 27.6 Å². The molecular formula is C13H15IN2O3S. The van der Waals surface area contributed by atoms with Crippen molar-refractivity contribution in [2.45, 2.75) is 24.7 Å². The van der Waals surface area contributed by atoms with Gasteiger partial charge in [0.05, 0.1) is 29.4 Å². The van der Waals surface area contributed by atoms with Gasteiger partial charge in [0.1, 0.15) is 0 Å². The standard InChI is InChI=1S/C13H15IN2O3S/c1-8(19-2)6-16-11-4-3-9(14)5-10(11)15-13(16)20-7-12(17)18/h3-5,8H,6-7H2,1-2H3,(H,17,18). The Morgan fingerprint density at radius 2 is 2.35 bits per heavy atom. The predicted octanol–water partition coefficient (Wildman–Crippen LogP) is 2.85. The summed E-state index contributed by atoms with van der Waals surface area (Å²) in [5.74, 6) is -0.843. The Balaban J connectivity index is 2.41. The Morgan fingerprint density at radius 1 is 1.60 bits per heavy atom. The molecule has 1 unspecified atom stereocenters. The van der Waals surface area contributed by atoms with E-state index in [0.717, 1.165) is 14.6 Å². The van der Waals surface area contributed by atoms with Crippen LogP contribution in [-0.2, 0) is 16.1 Å². The second-order valence-electron chi connectivity index (χ2n) is 4.37. The van der Waals surface area contributed by atoms with Gasteiger partial charge in [-0.25, -0.2) is 4.98 Å². The van der Waals surface area contributed by atoms with Crippen LogP contribution in [0.5, 0.6) is 0 Å². The Labute approximate surface area is 134 Å². The number of benzene rings is 1. The van der Waals surface area contributed by atoms with Gasteiger partial charge in [0.25, 0.3) is 0 Å². The summed E-state index contributed by atoms with van der Waals surface area (Å²) in [6.07, 6.45) is 0.0378.